The SMILES string of the molecule is CC(C)C[C@H]1C(=O)N[C@H](C(=O)N[C@@H](CCCNC(=N)N)C(=O)N(C)C)Cc2ccc(cc2)OCCC[C@@H]1C(=O)NO. The van der Waals surface area contributed by atoms with E-state index >= 15 is 0 Å². The van der Waals surface area contributed by atoms with E-state index in [9.17, 15) is 24.4 Å². The fraction of sp³-hybridized carbons (Fsp3) is 0.607. The number of amides is 4. The number of carbonyl (C=O) groups is 4. The van der Waals surface area contributed by atoms with E-state index in [1.807, 2.05) is 26.0 Å². The minimum absolute atomic E-state index is 0.0552. The van der Waals surface area contributed by atoms with Gasteiger partial charge in [0.2, 0.25) is 23.6 Å². The lowest BCUT2D eigenvalue weighted by Crippen LogP contribution is -2.56. The summed E-state index contributed by atoms with van der Waals surface area (Å²) in [4.78, 5) is 54.3. The molecule has 3 rings (SSSR count). The average Bonchev–Trinajstić information content (AvgIpc) is 2.92. The van der Waals surface area contributed by atoms with Crippen molar-refractivity contribution in [1.82, 2.24) is 26.3 Å². The molecule has 0 spiro atoms. The largest absolute Gasteiger partial charge is 0.494 e. The van der Waals surface area contributed by atoms with Gasteiger partial charge < -0.3 is 31.3 Å². The third-order valence-corrected chi connectivity index (χ3v) is 6.96. The molecule has 2 bridgehead atoms. The van der Waals surface area contributed by atoms with Gasteiger partial charge in [-0.3, -0.25) is 29.8 Å². The molecule has 0 aromatic heterocycles. The number of fused-ring (bicyclic) bond motifs is 11. The summed E-state index contributed by atoms with van der Waals surface area (Å²) in [6.07, 6.45) is 2.00. The number of hydrogen-bond acceptors (Lipinski definition) is 7. The van der Waals surface area contributed by atoms with E-state index in [4.69, 9.17) is 15.9 Å². The van der Waals surface area contributed by atoms with Gasteiger partial charge in [0.25, 0.3) is 0 Å². The van der Waals surface area contributed by atoms with E-state index in [2.05, 4.69) is 16.0 Å². The molecule has 1 aromatic carbocycles. The van der Waals surface area contributed by atoms with Crippen LogP contribution in [-0.2, 0) is 25.6 Å². The van der Waals surface area contributed by atoms with Gasteiger partial charge in [0.1, 0.15) is 17.8 Å². The molecular formula is C28H45N7O6. The van der Waals surface area contributed by atoms with E-state index in [1.165, 1.54) is 4.90 Å². The smallest absolute Gasteiger partial charge is 0.247 e. The highest BCUT2D eigenvalue weighted by Gasteiger charge is 2.36. The predicted octanol–water partition coefficient (Wildman–Crippen LogP) is 0.507. The van der Waals surface area contributed by atoms with E-state index in [0.29, 0.717) is 44.6 Å². The molecule has 2 heterocycles. The lowest BCUT2D eigenvalue weighted by Gasteiger charge is -2.30. The molecule has 4 atom stereocenters. The standard InChI is InChI=1S/C28H45N7O6/c1-17(2)15-21-20(25(37)34-40)7-6-14-41-19-11-9-18(10-12-19)16-23(33-24(21)36)26(38)32-22(27(39)35(3)4)8-5-13-31-28(29)30/h9-12,17,20-23,40H,5-8,13-16H2,1-4H3,(H,32,38)(H,33,36)(H,34,37)(H4,29,30,31)/t20-,21+,22-,23-/m0/s1. The van der Waals surface area contributed by atoms with Crippen molar-refractivity contribution in [2.45, 2.75) is 64.5 Å². The van der Waals surface area contributed by atoms with E-state index in [0.717, 1.165) is 5.56 Å². The zero-order chi connectivity index (χ0) is 30.5. The van der Waals surface area contributed by atoms with Crippen LogP contribution in [0, 0.1) is 23.2 Å². The number of nitrogens with zero attached hydrogens (tertiary/aromatic N) is 1. The summed E-state index contributed by atoms with van der Waals surface area (Å²) in [7, 11) is 3.18. The minimum atomic E-state index is -1.04. The zero-order valence-electron chi connectivity index (χ0n) is 24.4. The second-order valence-electron chi connectivity index (χ2n) is 11.0. The van der Waals surface area contributed by atoms with Crippen LogP contribution >= 0.6 is 0 Å². The molecule has 0 saturated heterocycles. The summed E-state index contributed by atoms with van der Waals surface area (Å²) in [5, 5.41) is 25.1. The van der Waals surface area contributed by atoms with Crippen molar-refractivity contribution in [1.29, 1.82) is 5.41 Å². The number of likely N-dealkylation sites (N-methyl/N-ethyl adjacent to an activating group) is 1. The average molecular weight is 576 g/mol. The van der Waals surface area contributed by atoms with Crippen molar-refractivity contribution in [3.05, 3.63) is 29.8 Å². The number of rotatable bonds is 10. The molecule has 0 aliphatic carbocycles. The van der Waals surface area contributed by atoms with Crippen LogP contribution in [-0.4, -0.2) is 79.0 Å². The first kappa shape index (κ1) is 33.3. The van der Waals surface area contributed by atoms with Crippen molar-refractivity contribution >= 4 is 29.6 Å². The number of nitrogens with two attached hydrogens (primary N) is 1. The fourth-order valence-electron chi connectivity index (χ4n) is 4.87. The van der Waals surface area contributed by atoms with Gasteiger partial charge in [-0.05, 0) is 55.7 Å². The highest BCUT2D eigenvalue weighted by molar-refractivity contribution is 5.94. The minimum Gasteiger partial charge on any atom is -0.494 e. The first-order valence-corrected chi connectivity index (χ1v) is 14.0. The molecule has 13 heteroatoms. The third kappa shape index (κ3) is 10.9. The molecule has 8 N–H and O–H groups in total. The van der Waals surface area contributed by atoms with Crippen molar-refractivity contribution < 1.29 is 29.1 Å². The molecule has 13 nitrogen and oxygen atoms in total. The van der Waals surface area contributed by atoms with Crippen LogP contribution in [0.1, 0.15) is 51.5 Å². The highest BCUT2D eigenvalue weighted by atomic mass is 16.5. The highest BCUT2D eigenvalue weighted by Crippen LogP contribution is 2.27. The number of hydrogen-bond donors (Lipinski definition) is 7. The van der Waals surface area contributed by atoms with Crippen LogP contribution < -0.4 is 31.9 Å². The summed E-state index contributed by atoms with van der Waals surface area (Å²) in [5.41, 5.74) is 7.79. The van der Waals surface area contributed by atoms with E-state index < -0.39 is 41.6 Å². The Labute approximate surface area is 241 Å². The molecule has 41 heavy (non-hydrogen) atoms. The summed E-state index contributed by atoms with van der Waals surface area (Å²) < 4.78 is 5.80. The molecule has 0 saturated carbocycles. The van der Waals surface area contributed by atoms with Crippen molar-refractivity contribution in [2.24, 2.45) is 23.5 Å². The summed E-state index contributed by atoms with van der Waals surface area (Å²) in [6.45, 7) is 4.54. The van der Waals surface area contributed by atoms with Crippen molar-refractivity contribution in [3.8, 4) is 5.75 Å². The lowest BCUT2D eigenvalue weighted by molar-refractivity contribution is -0.142. The maximum absolute atomic E-state index is 13.7. The number of ether oxygens (including phenoxy) is 1. The van der Waals surface area contributed by atoms with Gasteiger partial charge in [-0.25, -0.2) is 5.48 Å². The Kier molecular flexibility index (Phi) is 13.3. The first-order valence-electron chi connectivity index (χ1n) is 14.0. The number of benzene rings is 1. The Balaban J connectivity index is 2.39. The topological polar surface area (TPSA) is 199 Å². The van der Waals surface area contributed by atoms with Crippen LogP contribution in [0.4, 0.5) is 0 Å². The Hall–Kier alpha value is -3.87. The Morgan fingerprint density at radius 2 is 1.88 bits per heavy atom. The molecule has 228 valence electrons. The molecule has 0 fully saturated rings. The van der Waals surface area contributed by atoms with Crippen molar-refractivity contribution in [2.75, 3.05) is 27.2 Å². The molecule has 0 unspecified atom stereocenters. The van der Waals surface area contributed by atoms with Crippen LogP contribution in [0.25, 0.3) is 0 Å². The number of guanidine groups is 1. The summed E-state index contributed by atoms with van der Waals surface area (Å²) in [5.74, 6) is -3.15. The fourth-order valence-corrected chi connectivity index (χ4v) is 4.87. The van der Waals surface area contributed by atoms with Crippen LogP contribution in [0.2, 0.25) is 0 Å². The van der Waals surface area contributed by atoms with Gasteiger partial charge in [-0.1, -0.05) is 26.0 Å². The number of hydroxylamine groups is 1. The molecule has 1 aromatic rings. The molecule has 0 radical (unpaired) electrons. The summed E-state index contributed by atoms with van der Waals surface area (Å²) >= 11 is 0. The Morgan fingerprint density at radius 1 is 1.20 bits per heavy atom. The first-order chi connectivity index (χ1) is 19.4. The molecular weight excluding hydrogens is 530 g/mol. The normalized spacial score (nSPS) is 20.1. The summed E-state index contributed by atoms with van der Waals surface area (Å²) in [6, 6.07) is 5.27. The zero-order valence-corrected chi connectivity index (χ0v) is 24.4. The van der Waals surface area contributed by atoms with Gasteiger partial charge in [-0.2, -0.15) is 0 Å². The maximum Gasteiger partial charge on any atom is 0.247 e. The maximum atomic E-state index is 13.7. The second-order valence-corrected chi connectivity index (χ2v) is 11.0. The predicted molar refractivity (Wildman–Crippen MR) is 153 cm³/mol. The third-order valence-electron chi connectivity index (χ3n) is 6.96. The van der Waals surface area contributed by atoms with Crippen LogP contribution in [0.3, 0.4) is 0 Å². The van der Waals surface area contributed by atoms with Gasteiger partial charge in [-0.15, -0.1) is 0 Å². The molecule has 2 aliphatic heterocycles. The Morgan fingerprint density at radius 3 is 2.46 bits per heavy atom. The van der Waals surface area contributed by atoms with Gasteiger partial charge in [0.15, 0.2) is 5.96 Å². The van der Waals surface area contributed by atoms with Crippen molar-refractivity contribution in [3.63, 3.8) is 0 Å². The monoisotopic (exact) mass is 575 g/mol. The Bertz CT molecular complexity index is 1050. The lowest BCUT2D eigenvalue weighted by atomic mass is 9.81. The number of carbonyl (C=O) groups excluding carboxylic acids is 4. The van der Waals surface area contributed by atoms with Crippen LogP contribution in [0.5, 0.6) is 5.75 Å². The van der Waals surface area contributed by atoms with Crippen LogP contribution in [0.15, 0.2) is 24.3 Å². The van der Waals surface area contributed by atoms with E-state index in [-0.39, 0.29) is 30.6 Å². The number of nitrogens with one attached hydrogen (secondary N) is 5. The molecule has 4 amide bonds. The van der Waals surface area contributed by atoms with Gasteiger partial charge >= 0.3 is 0 Å². The van der Waals surface area contributed by atoms with Gasteiger partial charge in [0, 0.05) is 33.0 Å². The second kappa shape index (κ2) is 16.4. The molecule has 2 aliphatic rings. The van der Waals surface area contributed by atoms with Gasteiger partial charge in [0.05, 0.1) is 12.5 Å². The quantitative estimate of drug-likeness (QED) is 0.0688. The van der Waals surface area contributed by atoms with E-state index in [1.54, 1.807) is 31.7 Å².